The van der Waals surface area contributed by atoms with Crippen molar-refractivity contribution in [2.45, 2.75) is 6.42 Å². The molecule has 0 fully saturated rings. The van der Waals surface area contributed by atoms with Crippen LogP contribution in [-0.2, 0) is 4.79 Å². The maximum atomic E-state index is 11.8. The van der Waals surface area contributed by atoms with E-state index in [1.165, 1.54) is 0 Å². The van der Waals surface area contributed by atoms with Gasteiger partial charge in [0.05, 0.1) is 0 Å². The minimum atomic E-state index is -0.262. The Morgan fingerprint density at radius 2 is 2.07 bits per heavy atom. The molecule has 0 bridgehead atoms. The number of allylic oxidation sites excluding steroid dienone is 1. The Balaban J connectivity index is 2.39. The van der Waals surface area contributed by atoms with E-state index in [0.29, 0.717) is 0 Å². The summed E-state index contributed by atoms with van der Waals surface area (Å²) in [5.41, 5.74) is 1.67. The summed E-state index contributed by atoms with van der Waals surface area (Å²) in [5.74, 6) is -0.211. The van der Waals surface area contributed by atoms with Gasteiger partial charge in [-0.1, -0.05) is 36.4 Å². The first-order valence-corrected chi connectivity index (χ1v) is 4.58. The summed E-state index contributed by atoms with van der Waals surface area (Å²) < 4.78 is 0. The SMILES string of the molecule is O=CCC1C=Cc2ccccc2C1=O. The number of ketones is 1. The first-order valence-electron chi connectivity index (χ1n) is 4.58. The van der Waals surface area contributed by atoms with E-state index >= 15 is 0 Å². The summed E-state index contributed by atoms with van der Waals surface area (Å²) in [6, 6.07) is 7.45. The number of carbonyl (C=O) groups excluding carboxylic acids is 2. The van der Waals surface area contributed by atoms with Gasteiger partial charge < -0.3 is 4.79 Å². The summed E-state index contributed by atoms with van der Waals surface area (Å²) in [6.07, 6.45) is 4.79. The molecule has 2 nitrogen and oxygen atoms in total. The molecule has 1 aromatic rings. The van der Waals surface area contributed by atoms with Crippen LogP contribution in [0.2, 0.25) is 0 Å². The van der Waals surface area contributed by atoms with Crippen molar-refractivity contribution >= 4 is 18.1 Å². The maximum Gasteiger partial charge on any atom is 0.170 e. The molecule has 1 aromatic carbocycles. The molecule has 0 saturated carbocycles. The van der Waals surface area contributed by atoms with Crippen molar-refractivity contribution in [2.75, 3.05) is 0 Å². The summed E-state index contributed by atoms with van der Waals surface area (Å²) in [4.78, 5) is 22.1. The van der Waals surface area contributed by atoms with Crippen LogP contribution in [-0.4, -0.2) is 12.1 Å². The molecule has 0 radical (unpaired) electrons. The Kier molecular flexibility index (Phi) is 2.27. The Bertz CT molecular complexity index is 405. The molecule has 1 aliphatic carbocycles. The molecule has 1 unspecified atom stereocenters. The van der Waals surface area contributed by atoms with Crippen LogP contribution in [0.25, 0.3) is 6.08 Å². The third kappa shape index (κ3) is 1.39. The van der Waals surface area contributed by atoms with E-state index in [0.717, 1.165) is 17.4 Å². The number of aldehydes is 1. The van der Waals surface area contributed by atoms with E-state index in [9.17, 15) is 9.59 Å². The minimum Gasteiger partial charge on any atom is -0.303 e. The molecule has 0 aliphatic heterocycles. The predicted molar refractivity (Wildman–Crippen MR) is 54.0 cm³/mol. The lowest BCUT2D eigenvalue weighted by Gasteiger charge is -2.15. The normalized spacial score (nSPS) is 19.1. The van der Waals surface area contributed by atoms with Crippen LogP contribution in [0.4, 0.5) is 0 Å². The van der Waals surface area contributed by atoms with Gasteiger partial charge in [-0.2, -0.15) is 0 Å². The third-order valence-corrected chi connectivity index (χ3v) is 2.42. The van der Waals surface area contributed by atoms with E-state index < -0.39 is 0 Å². The molecule has 0 N–H and O–H groups in total. The molecule has 2 rings (SSSR count). The molecule has 0 spiro atoms. The molecular formula is C12H10O2. The highest BCUT2D eigenvalue weighted by Gasteiger charge is 2.22. The molecule has 1 atom stereocenters. The second-order valence-electron chi connectivity index (χ2n) is 3.32. The molecule has 2 heteroatoms. The highest BCUT2D eigenvalue weighted by molar-refractivity contribution is 6.05. The Hall–Kier alpha value is -1.70. The highest BCUT2D eigenvalue weighted by atomic mass is 16.1. The molecule has 14 heavy (non-hydrogen) atoms. The fourth-order valence-electron chi connectivity index (χ4n) is 1.66. The van der Waals surface area contributed by atoms with Gasteiger partial charge in [0.25, 0.3) is 0 Å². The smallest absolute Gasteiger partial charge is 0.170 e. The van der Waals surface area contributed by atoms with Crippen LogP contribution in [0, 0.1) is 5.92 Å². The van der Waals surface area contributed by atoms with Gasteiger partial charge in [0.1, 0.15) is 6.29 Å². The Morgan fingerprint density at radius 1 is 1.29 bits per heavy atom. The van der Waals surface area contributed by atoms with Gasteiger partial charge in [-0.15, -0.1) is 0 Å². The van der Waals surface area contributed by atoms with Crippen molar-refractivity contribution in [1.82, 2.24) is 0 Å². The van der Waals surface area contributed by atoms with Gasteiger partial charge in [0, 0.05) is 17.9 Å². The number of rotatable bonds is 2. The zero-order valence-electron chi connectivity index (χ0n) is 7.64. The molecule has 0 saturated heterocycles. The average molecular weight is 186 g/mol. The van der Waals surface area contributed by atoms with Crippen LogP contribution in [0.1, 0.15) is 22.3 Å². The number of benzene rings is 1. The number of carbonyl (C=O) groups is 2. The van der Waals surface area contributed by atoms with Gasteiger partial charge >= 0.3 is 0 Å². The van der Waals surface area contributed by atoms with Gasteiger partial charge in [-0.3, -0.25) is 4.79 Å². The van der Waals surface area contributed by atoms with Gasteiger partial charge in [-0.05, 0) is 5.56 Å². The van der Waals surface area contributed by atoms with Crippen LogP contribution in [0.15, 0.2) is 30.3 Å². The minimum absolute atomic E-state index is 0.0511. The molecule has 1 aliphatic rings. The lowest BCUT2D eigenvalue weighted by atomic mass is 9.87. The summed E-state index contributed by atoms with van der Waals surface area (Å²) >= 11 is 0. The summed E-state index contributed by atoms with van der Waals surface area (Å²) in [5, 5.41) is 0. The van der Waals surface area contributed by atoms with E-state index in [1.807, 2.05) is 24.3 Å². The predicted octanol–water partition coefficient (Wildman–Crippen LogP) is 2.10. The number of fused-ring (bicyclic) bond motifs is 1. The molecular weight excluding hydrogens is 176 g/mol. The quantitative estimate of drug-likeness (QED) is 0.663. The van der Waals surface area contributed by atoms with Crippen molar-refractivity contribution < 1.29 is 9.59 Å². The fourth-order valence-corrected chi connectivity index (χ4v) is 1.66. The lowest BCUT2D eigenvalue weighted by molar-refractivity contribution is -0.108. The number of hydrogen-bond donors (Lipinski definition) is 0. The first-order chi connectivity index (χ1) is 6.83. The zero-order valence-corrected chi connectivity index (χ0v) is 7.64. The molecule has 0 heterocycles. The van der Waals surface area contributed by atoms with Crippen molar-refractivity contribution in [3.05, 3.63) is 41.5 Å². The van der Waals surface area contributed by atoms with Gasteiger partial charge in [-0.25, -0.2) is 0 Å². The van der Waals surface area contributed by atoms with Crippen molar-refractivity contribution in [1.29, 1.82) is 0 Å². The van der Waals surface area contributed by atoms with E-state index in [1.54, 1.807) is 12.1 Å². The van der Waals surface area contributed by atoms with Crippen molar-refractivity contribution in [3.8, 4) is 0 Å². The van der Waals surface area contributed by atoms with Crippen LogP contribution in [0.5, 0.6) is 0 Å². The number of Topliss-reactive ketones (excluding diaryl/α,β-unsaturated/α-hetero) is 1. The number of hydrogen-bond acceptors (Lipinski definition) is 2. The van der Waals surface area contributed by atoms with Crippen LogP contribution < -0.4 is 0 Å². The second kappa shape index (κ2) is 3.58. The largest absolute Gasteiger partial charge is 0.303 e. The summed E-state index contributed by atoms with van der Waals surface area (Å²) in [6.45, 7) is 0. The molecule has 70 valence electrons. The zero-order chi connectivity index (χ0) is 9.97. The Morgan fingerprint density at radius 3 is 2.86 bits per heavy atom. The van der Waals surface area contributed by atoms with Gasteiger partial charge in [0.2, 0.25) is 0 Å². The first kappa shape index (κ1) is 8.88. The fraction of sp³-hybridized carbons (Fsp3) is 0.167. The standard InChI is InChI=1S/C12H10O2/c13-8-7-10-6-5-9-3-1-2-4-11(9)12(10)14/h1-6,8,10H,7H2. The highest BCUT2D eigenvalue weighted by Crippen LogP contribution is 2.23. The lowest BCUT2D eigenvalue weighted by Crippen LogP contribution is -2.17. The van der Waals surface area contributed by atoms with Crippen LogP contribution in [0.3, 0.4) is 0 Å². The molecule has 0 amide bonds. The van der Waals surface area contributed by atoms with E-state index in [4.69, 9.17) is 0 Å². The van der Waals surface area contributed by atoms with E-state index in [-0.39, 0.29) is 18.1 Å². The Labute approximate surface area is 82.2 Å². The summed E-state index contributed by atoms with van der Waals surface area (Å²) in [7, 11) is 0. The van der Waals surface area contributed by atoms with Crippen molar-refractivity contribution in [3.63, 3.8) is 0 Å². The monoisotopic (exact) mass is 186 g/mol. The van der Waals surface area contributed by atoms with Crippen LogP contribution >= 0.6 is 0 Å². The van der Waals surface area contributed by atoms with Gasteiger partial charge in [0.15, 0.2) is 5.78 Å². The third-order valence-electron chi connectivity index (χ3n) is 2.42. The maximum absolute atomic E-state index is 11.8. The average Bonchev–Trinajstić information content (AvgIpc) is 2.23. The second-order valence-corrected chi connectivity index (χ2v) is 3.32. The van der Waals surface area contributed by atoms with E-state index in [2.05, 4.69) is 0 Å². The molecule has 0 aromatic heterocycles. The topological polar surface area (TPSA) is 34.1 Å². The van der Waals surface area contributed by atoms with Crippen molar-refractivity contribution in [2.24, 2.45) is 5.92 Å².